The van der Waals surface area contributed by atoms with Crippen LogP contribution in [0.15, 0.2) is 0 Å². The van der Waals surface area contributed by atoms with E-state index in [0.717, 1.165) is 12.8 Å². The lowest BCUT2D eigenvalue weighted by atomic mass is 9.72. The monoisotopic (exact) mass is 399 g/mol. The number of nitrogens with one attached hydrogen (secondary N) is 1. The zero-order chi connectivity index (χ0) is 21.8. The lowest BCUT2D eigenvalue weighted by molar-refractivity contribution is -0.170. The second-order valence-electron chi connectivity index (χ2n) is 10.4. The summed E-state index contributed by atoms with van der Waals surface area (Å²) < 4.78 is 16.2. The Bertz CT molecular complexity index is 539. The summed E-state index contributed by atoms with van der Waals surface area (Å²) in [6.07, 6.45) is 2.37. The quantitative estimate of drug-likeness (QED) is 0.469. The highest BCUT2D eigenvalue weighted by Crippen LogP contribution is 2.40. The van der Waals surface area contributed by atoms with Crippen molar-refractivity contribution in [2.24, 2.45) is 10.8 Å². The van der Waals surface area contributed by atoms with E-state index in [1.54, 1.807) is 7.11 Å². The molecule has 1 unspecified atom stereocenters. The van der Waals surface area contributed by atoms with Gasteiger partial charge in [0.05, 0.1) is 17.4 Å². The molecule has 1 atom stereocenters. The Balaban J connectivity index is 2.83. The smallest absolute Gasteiger partial charge is 0.312 e. The lowest BCUT2D eigenvalue weighted by Gasteiger charge is -2.46. The fraction of sp³-hybridized carbons (Fsp3) is 0.909. The van der Waals surface area contributed by atoms with Crippen molar-refractivity contribution in [3.63, 3.8) is 0 Å². The van der Waals surface area contributed by atoms with Crippen LogP contribution in [-0.4, -0.2) is 49.4 Å². The van der Waals surface area contributed by atoms with Gasteiger partial charge in [-0.15, -0.1) is 0 Å². The van der Waals surface area contributed by atoms with Crippen LogP contribution in [0.5, 0.6) is 0 Å². The number of piperidine rings is 1. The van der Waals surface area contributed by atoms with Crippen LogP contribution in [0.25, 0.3) is 0 Å². The summed E-state index contributed by atoms with van der Waals surface area (Å²) in [7, 11) is 1.56. The first-order chi connectivity index (χ1) is 12.7. The SMILES string of the molecule is CCC(C)(CC(C)(C)C(=O)OCCOC)C(=O)OC1CC(C)(C)NC(C)(C)C1. The zero-order valence-corrected chi connectivity index (χ0v) is 19.4. The minimum absolute atomic E-state index is 0.0975. The molecule has 164 valence electrons. The van der Waals surface area contributed by atoms with Gasteiger partial charge in [-0.3, -0.25) is 9.59 Å². The van der Waals surface area contributed by atoms with Crippen molar-refractivity contribution in [2.75, 3.05) is 20.3 Å². The molecule has 0 bridgehead atoms. The molecule has 0 aromatic heterocycles. The molecule has 0 spiro atoms. The third-order valence-corrected chi connectivity index (χ3v) is 5.60. The van der Waals surface area contributed by atoms with Gasteiger partial charge in [0.1, 0.15) is 12.7 Å². The van der Waals surface area contributed by atoms with Crippen LogP contribution in [0.1, 0.15) is 81.1 Å². The summed E-state index contributed by atoms with van der Waals surface area (Å²) in [6.45, 7) is 16.6. The van der Waals surface area contributed by atoms with Crippen molar-refractivity contribution in [3.8, 4) is 0 Å². The Morgan fingerprint density at radius 1 is 1.00 bits per heavy atom. The number of rotatable bonds is 9. The number of ether oxygens (including phenoxy) is 3. The Morgan fingerprint density at radius 2 is 1.54 bits per heavy atom. The van der Waals surface area contributed by atoms with Gasteiger partial charge < -0.3 is 19.5 Å². The van der Waals surface area contributed by atoms with Gasteiger partial charge in [-0.05, 0) is 61.3 Å². The van der Waals surface area contributed by atoms with Crippen molar-refractivity contribution in [2.45, 2.75) is 98.3 Å². The van der Waals surface area contributed by atoms with E-state index in [2.05, 4.69) is 33.0 Å². The van der Waals surface area contributed by atoms with E-state index >= 15 is 0 Å². The van der Waals surface area contributed by atoms with Gasteiger partial charge in [0.2, 0.25) is 0 Å². The second-order valence-corrected chi connectivity index (χ2v) is 10.4. The average molecular weight is 400 g/mol. The summed E-state index contributed by atoms with van der Waals surface area (Å²) in [5.41, 5.74) is -1.73. The third kappa shape index (κ3) is 7.03. The van der Waals surface area contributed by atoms with Gasteiger partial charge in [-0.2, -0.15) is 0 Å². The topological polar surface area (TPSA) is 73.9 Å². The molecule has 0 aliphatic carbocycles. The van der Waals surface area contributed by atoms with E-state index in [1.807, 2.05) is 27.7 Å². The number of hydrogen-bond acceptors (Lipinski definition) is 6. The van der Waals surface area contributed by atoms with E-state index in [4.69, 9.17) is 14.2 Å². The molecule has 1 fully saturated rings. The van der Waals surface area contributed by atoms with Gasteiger partial charge in [0.25, 0.3) is 0 Å². The molecule has 0 saturated carbocycles. The zero-order valence-electron chi connectivity index (χ0n) is 19.4. The Kier molecular flexibility index (Phi) is 8.11. The van der Waals surface area contributed by atoms with Gasteiger partial charge in [0.15, 0.2) is 0 Å². The number of hydrogen-bond donors (Lipinski definition) is 1. The molecule has 0 aromatic carbocycles. The van der Waals surface area contributed by atoms with Crippen LogP contribution in [0, 0.1) is 10.8 Å². The third-order valence-electron chi connectivity index (χ3n) is 5.60. The minimum atomic E-state index is -0.788. The van der Waals surface area contributed by atoms with E-state index in [1.165, 1.54) is 0 Å². The molecule has 28 heavy (non-hydrogen) atoms. The fourth-order valence-electron chi connectivity index (χ4n) is 4.41. The lowest BCUT2D eigenvalue weighted by Crippen LogP contribution is -2.60. The second kappa shape index (κ2) is 9.12. The van der Waals surface area contributed by atoms with Crippen molar-refractivity contribution >= 4 is 11.9 Å². The molecule has 1 aliphatic rings. The Labute approximate surface area is 171 Å². The summed E-state index contributed by atoms with van der Waals surface area (Å²) in [6, 6.07) is 0. The molecular weight excluding hydrogens is 358 g/mol. The fourth-order valence-corrected chi connectivity index (χ4v) is 4.41. The van der Waals surface area contributed by atoms with Crippen LogP contribution in [-0.2, 0) is 23.8 Å². The van der Waals surface area contributed by atoms with Gasteiger partial charge in [0, 0.05) is 31.0 Å². The molecule has 6 heteroatoms. The van der Waals surface area contributed by atoms with Gasteiger partial charge in [-0.25, -0.2) is 0 Å². The largest absolute Gasteiger partial charge is 0.463 e. The maximum Gasteiger partial charge on any atom is 0.312 e. The predicted molar refractivity (Wildman–Crippen MR) is 110 cm³/mol. The van der Waals surface area contributed by atoms with Crippen molar-refractivity contribution in [1.29, 1.82) is 0 Å². The molecule has 0 amide bonds. The Hall–Kier alpha value is -1.14. The highest BCUT2D eigenvalue weighted by molar-refractivity contribution is 5.80. The molecule has 1 aliphatic heterocycles. The average Bonchev–Trinajstić information content (AvgIpc) is 2.51. The summed E-state index contributed by atoms with van der Waals surface area (Å²) in [4.78, 5) is 25.6. The molecule has 1 saturated heterocycles. The van der Waals surface area contributed by atoms with E-state index in [0.29, 0.717) is 19.4 Å². The van der Waals surface area contributed by atoms with E-state index in [-0.39, 0.29) is 35.7 Å². The highest BCUT2D eigenvalue weighted by atomic mass is 16.6. The normalized spacial score (nSPS) is 21.6. The summed E-state index contributed by atoms with van der Waals surface area (Å²) >= 11 is 0. The van der Waals surface area contributed by atoms with E-state index in [9.17, 15) is 9.59 Å². The first kappa shape index (κ1) is 24.9. The Morgan fingerprint density at radius 3 is 2.00 bits per heavy atom. The highest BCUT2D eigenvalue weighted by Gasteiger charge is 2.45. The maximum atomic E-state index is 13.1. The molecular formula is C22H41NO5. The predicted octanol–water partition coefficient (Wildman–Crippen LogP) is 3.86. The summed E-state index contributed by atoms with van der Waals surface area (Å²) in [5, 5.41) is 3.60. The molecule has 6 nitrogen and oxygen atoms in total. The van der Waals surface area contributed by atoms with E-state index < -0.39 is 10.8 Å². The van der Waals surface area contributed by atoms with Crippen LogP contribution < -0.4 is 5.32 Å². The number of carbonyl (C=O) groups excluding carboxylic acids is 2. The number of esters is 2. The maximum absolute atomic E-state index is 13.1. The van der Waals surface area contributed by atoms with Gasteiger partial charge in [-0.1, -0.05) is 6.92 Å². The minimum Gasteiger partial charge on any atom is -0.463 e. The van der Waals surface area contributed by atoms with Crippen LogP contribution in [0.3, 0.4) is 0 Å². The number of methoxy groups -OCH3 is 1. The van der Waals surface area contributed by atoms with Crippen molar-refractivity contribution in [1.82, 2.24) is 5.32 Å². The molecule has 1 N–H and O–H groups in total. The molecule has 0 radical (unpaired) electrons. The molecule has 0 aromatic rings. The number of carbonyl (C=O) groups is 2. The van der Waals surface area contributed by atoms with Crippen molar-refractivity contribution in [3.05, 3.63) is 0 Å². The van der Waals surface area contributed by atoms with Crippen LogP contribution in [0.4, 0.5) is 0 Å². The standard InChI is InChI=1S/C22H41NO5/c1-10-22(8,15-19(2,3)17(24)27-12-11-26-9)18(25)28-16-13-20(4,5)23-21(6,7)14-16/h16,23H,10-15H2,1-9H3. The van der Waals surface area contributed by atoms with Crippen LogP contribution in [0.2, 0.25) is 0 Å². The first-order valence-electron chi connectivity index (χ1n) is 10.3. The van der Waals surface area contributed by atoms with Gasteiger partial charge >= 0.3 is 11.9 Å². The summed E-state index contributed by atoms with van der Waals surface area (Å²) in [5.74, 6) is -0.549. The van der Waals surface area contributed by atoms with Crippen LogP contribution >= 0.6 is 0 Å². The molecule has 1 heterocycles. The molecule has 1 rings (SSSR count). The first-order valence-corrected chi connectivity index (χ1v) is 10.3. The van der Waals surface area contributed by atoms with Crippen molar-refractivity contribution < 1.29 is 23.8 Å².